The van der Waals surface area contributed by atoms with Crippen molar-refractivity contribution >= 4 is 15.7 Å². The molecule has 0 heterocycles. The number of hydrogen-bond donors (Lipinski definition) is 2. The van der Waals surface area contributed by atoms with E-state index in [0.29, 0.717) is 12.2 Å². The van der Waals surface area contributed by atoms with Crippen molar-refractivity contribution < 1.29 is 8.42 Å². The molecule has 0 aliphatic heterocycles. The molecule has 1 aromatic carbocycles. The molecule has 0 atom stereocenters. The van der Waals surface area contributed by atoms with Gasteiger partial charge in [0.2, 0.25) is 10.0 Å². The first kappa shape index (κ1) is 15.9. The molecular weight excluding hydrogens is 262 g/mol. The predicted octanol–water partition coefficient (Wildman–Crippen LogP) is 1.13. The van der Waals surface area contributed by atoms with Crippen molar-refractivity contribution in [3.8, 4) is 0 Å². The molecule has 108 valence electrons. The van der Waals surface area contributed by atoms with Crippen molar-refractivity contribution in [2.45, 2.75) is 18.7 Å². The Bertz CT molecular complexity index is 524. The fraction of sp³-hybridized carbons (Fsp3) is 0.538. The zero-order valence-corrected chi connectivity index (χ0v) is 12.8. The Kier molecular flexibility index (Phi) is 4.95. The van der Waals surface area contributed by atoms with Crippen LogP contribution in [0.25, 0.3) is 0 Å². The highest BCUT2D eigenvalue weighted by Crippen LogP contribution is 2.17. The largest absolute Gasteiger partial charge is 0.399 e. The predicted molar refractivity (Wildman–Crippen MR) is 78.4 cm³/mol. The quantitative estimate of drug-likeness (QED) is 0.768. The summed E-state index contributed by atoms with van der Waals surface area (Å²) in [4.78, 5) is 2.24. The van der Waals surface area contributed by atoms with Crippen molar-refractivity contribution in [2.75, 3.05) is 32.9 Å². The maximum absolute atomic E-state index is 12.1. The first-order chi connectivity index (χ1) is 8.62. The van der Waals surface area contributed by atoms with Gasteiger partial charge in [-0.25, -0.2) is 13.1 Å². The van der Waals surface area contributed by atoms with Crippen LogP contribution < -0.4 is 10.5 Å². The van der Waals surface area contributed by atoms with E-state index in [1.54, 1.807) is 12.1 Å². The van der Waals surface area contributed by atoms with Gasteiger partial charge in [0, 0.05) is 18.8 Å². The summed E-state index contributed by atoms with van der Waals surface area (Å²) in [5.41, 5.74) is 5.90. The van der Waals surface area contributed by atoms with Gasteiger partial charge in [-0.15, -0.1) is 0 Å². The Labute approximate surface area is 115 Å². The van der Waals surface area contributed by atoms with Gasteiger partial charge < -0.3 is 10.6 Å². The van der Waals surface area contributed by atoms with E-state index in [4.69, 9.17) is 5.73 Å². The van der Waals surface area contributed by atoms with Crippen LogP contribution in [-0.4, -0.2) is 40.5 Å². The number of nitrogens with one attached hydrogen (secondary N) is 1. The van der Waals surface area contributed by atoms with Gasteiger partial charge in [0.05, 0.1) is 4.90 Å². The second-order valence-corrected chi connectivity index (χ2v) is 7.57. The van der Waals surface area contributed by atoms with Crippen LogP contribution in [0.15, 0.2) is 29.2 Å². The van der Waals surface area contributed by atoms with E-state index >= 15 is 0 Å². The van der Waals surface area contributed by atoms with Crippen molar-refractivity contribution in [1.82, 2.24) is 9.62 Å². The summed E-state index contributed by atoms with van der Waals surface area (Å²) in [6, 6.07) is 6.29. The third-order valence-electron chi connectivity index (χ3n) is 2.65. The lowest BCUT2D eigenvalue weighted by Crippen LogP contribution is -2.39. The minimum atomic E-state index is -3.50. The Morgan fingerprint density at radius 3 is 2.47 bits per heavy atom. The summed E-state index contributed by atoms with van der Waals surface area (Å²) in [7, 11) is 0.433. The van der Waals surface area contributed by atoms with Gasteiger partial charge in [-0.05, 0) is 37.7 Å². The van der Waals surface area contributed by atoms with Gasteiger partial charge in [-0.2, -0.15) is 0 Å². The van der Waals surface area contributed by atoms with E-state index < -0.39 is 10.0 Å². The van der Waals surface area contributed by atoms with E-state index in [-0.39, 0.29) is 10.3 Å². The molecule has 19 heavy (non-hydrogen) atoms. The van der Waals surface area contributed by atoms with Crippen LogP contribution in [0.4, 0.5) is 5.69 Å². The van der Waals surface area contributed by atoms with Gasteiger partial charge in [0.1, 0.15) is 0 Å². The zero-order chi connectivity index (χ0) is 14.7. The summed E-state index contributed by atoms with van der Waals surface area (Å²) in [5, 5.41) is 0. The van der Waals surface area contributed by atoms with Crippen molar-refractivity contribution in [2.24, 2.45) is 5.41 Å². The normalized spacial score (nSPS) is 12.9. The maximum Gasteiger partial charge on any atom is 0.240 e. The van der Waals surface area contributed by atoms with Crippen molar-refractivity contribution in [1.29, 1.82) is 0 Å². The van der Waals surface area contributed by atoms with E-state index in [1.165, 1.54) is 12.1 Å². The number of sulfonamides is 1. The lowest BCUT2D eigenvalue weighted by atomic mass is 9.93. The fourth-order valence-corrected chi connectivity index (χ4v) is 3.26. The molecule has 0 saturated carbocycles. The Balaban J connectivity index is 2.76. The van der Waals surface area contributed by atoms with Gasteiger partial charge in [-0.1, -0.05) is 19.9 Å². The second kappa shape index (κ2) is 5.90. The molecule has 0 saturated heterocycles. The monoisotopic (exact) mass is 285 g/mol. The maximum atomic E-state index is 12.1. The highest BCUT2D eigenvalue weighted by atomic mass is 32.2. The molecule has 0 aromatic heterocycles. The number of nitrogen functional groups attached to an aromatic ring is 1. The molecule has 0 fully saturated rings. The van der Waals surface area contributed by atoms with Crippen LogP contribution in [-0.2, 0) is 10.0 Å². The number of hydrogen-bond acceptors (Lipinski definition) is 4. The number of benzene rings is 1. The molecule has 6 heteroatoms. The van der Waals surface area contributed by atoms with Crippen LogP contribution in [0.1, 0.15) is 13.8 Å². The van der Waals surface area contributed by atoms with Gasteiger partial charge in [0.15, 0.2) is 0 Å². The minimum Gasteiger partial charge on any atom is -0.399 e. The summed E-state index contributed by atoms with van der Waals surface area (Å²) < 4.78 is 26.9. The van der Waals surface area contributed by atoms with Gasteiger partial charge in [-0.3, -0.25) is 0 Å². The van der Waals surface area contributed by atoms with E-state index in [2.05, 4.69) is 4.72 Å². The SMILES string of the molecule is CN(C)CC(C)(C)CNS(=O)(=O)c1cccc(N)c1. The topological polar surface area (TPSA) is 75.4 Å². The molecule has 0 amide bonds. The average molecular weight is 285 g/mol. The molecule has 0 radical (unpaired) electrons. The van der Waals surface area contributed by atoms with Crippen molar-refractivity contribution in [3.05, 3.63) is 24.3 Å². The first-order valence-electron chi connectivity index (χ1n) is 6.12. The molecule has 0 aliphatic carbocycles. The number of rotatable bonds is 6. The molecule has 1 rings (SSSR count). The third kappa shape index (κ3) is 5.18. The number of nitrogens with zero attached hydrogens (tertiary/aromatic N) is 1. The highest BCUT2D eigenvalue weighted by Gasteiger charge is 2.23. The average Bonchev–Trinajstić information content (AvgIpc) is 2.25. The van der Waals surface area contributed by atoms with Crippen LogP contribution in [0.3, 0.4) is 0 Å². The third-order valence-corrected chi connectivity index (χ3v) is 4.05. The lowest BCUT2D eigenvalue weighted by molar-refractivity contribution is 0.242. The summed E-state index contributed by atoms with van der Waals surface area (Å²) in [5.74, 6) is 0. The minimum absolute atomic E-state index is 0.142. The highest BCUT2D eigenvalue weighted by molar-refractivity contribution is 7.89. The Morgan fingerprint density at radius 1 is 1.32 bits per heavy atom. The number of anilines is 1. The van der Waals surface area contributed by atoms with Crippen LogP contribution in [0.5, 0.6) is 0 Å². The van der Waals surface area contributed by atoms with E-state index in [0.717, 1.165) is 6.54 Å². The molecule has 1 aromatic rings. The Hall–Kier alpha value is -1.11. The molecule has 0 bridgehead atoms. The second-order valence-electron chi connectivity index (χ2n) is 5.80. The first-order valence-corrected chi connectivity index (χ1v) is 7.61. The molecule has 0 spiro atoms. The Morgan fingerprint density at radius 2 is 1.95 bits per heavy atom. The number of nitrogens with two attached hydrogens (primary N) is 1. The molecule has 0 aliphatic rings. The molecular formula is C13H23N3O2S. The molecule has 0 unspecified atom stereocenters. The smallest absolute Gasteiger partial charge is 0.240 e. The van der Waals surface area contributed by atoms with E-state index in [1.807, 2.05) is 32.8 Å². The summed E-state index contributed by atoms with van der Waals surface area (Å²) in [6.45, 7) is 5.22. The van der Waals surface area contributed by atoms with Crippen LogP contribution in [0.2, 0.25) is 0 Å². The fourth-order valence-electron chi connectivity index (χ4n) is 1.97. The van der Waals surface area contributed by atoms with Crippen molar-refractivity contribution in [3.63, 3.8) is 0 Å². The van der Waals surface area contributed by atoms with Crippen LogP contribution >= 0.6 is 0 Å². The summed E-state index contributed by atoms with van der Waals surface area (Å²) >= 11 is 0. The van der Waals surface area contributed by atoms with Crippen LogP contribution in [0, 0.1) is 5.41 Å². The van der Waals surface area contributed by atoms with Gasteiger partial charge >= 0.3 is 0 Å². The molecule has 3 N–H and O–H groups in total. The summed E-state index contributed by atoms with van der Waals surface area (Å²) in [6.07, 6.45) is 0. The van der Waals surface area contributed by atoms with E-state index in [9.17, 15) is 8.42 Å². The molecule has 5 nitrogen and oxygen atoms in total. The van der Waals surface area contributed by atoms with Gasteiger partial charge in [0.25, 0.3) is 0 Å². The lowest BCUT2D eigenvalue weighted by Gasteiger charge is -2.28. The zero-order valence-electron chi connectivity index (χ0n) is 12.0. The standard InChI is InChI=1S/C13H23N3O2S/c1-13(2,10-16(3)4)9-15-19(17,18)12-7-5-6-11(14)8-12/h5-8,15H,9-10,14H2,1-4H3.